The summed E-state index contributed by atoms with van der Waals surface area (Å²) in [4.78, 5) is 25.2. The Bertz CT molecular complexity index is 850. The summed E-state index contributed by atoms with van der Waals surface area (Å²) in [6.45, 7) is 3.39. The zero-order valence-electron chi connectivity index (χ0n) is 32.4. The number of carbonyl (C=O) groups is 2. The molecule has 1 aliphatic heterocycles. The summed E-state index contributed by atoms with van der Waals surface area (Å²) in [7, 11) is 0. The molecular formula is C41H76O10. The molecule has 0 amide bonds. The number of allylic oxidation sites excluding steroid dienone is 2. The molecule has 1 aliphatic rings. The smallest absolute Gasteiger partial charge is 0.306 e. The molecule has 10 nitrogen and oxygen atoms in total. The number of unbranched alkanes of at least 4 members (excludes halogenated alkanes) is 21. The van der Waals surface area contributed by atoms with E-state index in [1.54, 1.807) is 0 Å². The lowest BCUT2D eigenvalue weighted by Gasteiger charge is -2.39. The summed E-state index contributed by atoms with van der Waals surface area (Å²) in [5.74, 6) is -0.807. The van der Waals surface area contributed by atoms with Crippen molar-refractivity contribution in [2.75, 3.05) is 19.8 Å². The van der Waals surface area contributed by atoms with Crippen LogP contribution in [0.1, 0.15) is 181 Å². The number of carbonyl (C=O) groups excluding carboxylic acids is 2. The number of aliphatic hydroxyl groups excluding tert-OH is 4. The molecule has 1 rings (SSSR count). The number of esters is 2. The van der Waals surface area contributed by atoms with Crippen LogP contribution in [0.25, 0.3) is 0 Å². The first-order valence-corrected chi connectivity index (χ1v) is 20.8. The fourth-order valence-corrected chi connectivity index (χ4v) is 6.30. The van der Waals surface area contributed by atoms with Gasteiger partial charge in [-0.2, -0.15) is 0 Å². The van der Waals surface area contributed by atoms with Crippen LogP contribution in [0.5, 0.6) is 0 Å². The Balaban J connectivity index is 2.36. The maximum absolute atomic E-state index is 12.7. The summed E-state index contributed by atoms with van der Waals surface area (Å²) in [6, 6.07) is 0. The highest BCUT2D eigenvalue weighted by molar-refractivity contribution is 5.70. The van der Waals surface area contributed by atoms with Crippen molar-refractivity contribution in [3.8, 4) is 0 Å². The lowest BCUT2D eigenvalue weighted by molar-refractivity contribution is -0.305. The molecule has 1 heterocycles. The van der Waals surface area contributed by atoms with Gasteiger partial charge in [0.15, 0.2) is 12.4 Å². The van der Waals surface area contributed by atoms with Crippen molar-refractivity contribution in [1.29, 1.82) is 0 Å². The van der Waals surface area contributed by atoms with Crippen molar-refractivity contribution in [2.24, 2.45) is 0 Å². The Labute approximate surface area is 310 Å². The molecule has 0 saturated carbocycles. The molecule has 0 spiro atoms. The summed E-state index contributed by atoms with van der Waals surface area (Å²) in [5, 5.41) is 39.9. The van der Waals surface area contributed by atoms with E-state index in [4.69, 9.17) is 18.9 Å². The highest BCUT2D eigenvalue weighted by Crippen LogP contribution is 2.22. The predicted octanol–water partition coefficient (Wildman–Crippen LogP) is 8.00. The fourth-order valence-electron chi connectivity index (χ4n) is 6.30. The Kier molecular flexibility index (Phi) is 30.7. The predicted molar refractivity (Wildman–Crippen MR) is 201 cm³/mol. The standard InChI is InChI=1S/C41H76O10/c1-3-5-7-9-11-13-15-16-17-18-20-22-24-26-28-30-37(44)50-34(33-49-41-40(47)39(46)38(45)35(31-42)51-41)32-48-36(43)29-27-25-23-21-19-14-12-10-8-6-4-2/h13,15,34-35,38-42,45-47H,3-12,14,16-33H2,1-2H3/b15-13+/t34-,35-,38+,39?,40?,41-/m1/s1. The second kappa shape index (κ2) is 33.0. The van der Waals surface area contributed by atoms with Crippen LogP contribution < -0.4 is 0 Å². The van der Waals surface area contributed by atoms with Crippen molar-refractivity contribution in [3.63, 3.8) is 0 Å². The van der Waals surface area contributed by atoms with Crippen LogP contribution in [0.15, 0.2) is 12.2 Å². The van der Waals surface area contributed by atoms with Gasteiger partial charge in [-0.05, 0) is 38.5 Å². The van der Waals surface area contributed by atoms with Gasteiger partial charge in [-0.25, -0.2) is 0 Å². The molecule has 4 N–H and O–H groups in total. The minimum Gasteiger partial charge on any atom is -0.462 e. The van der Waals surface area contributed by atoms with Crippen LogP contribution in [-0.4, -0.2) is 89.0 Å². The Morgan fingerprint density at radius 1 is 0.588 bits per heavy atom. The molecule has 0 aromatic rings. The Morgan fingerprint density at radius 2 is 1.04 bits per heavy atom. The monoisotopic (exact) mass is 729 g/mol. The molecule has 2 unspecified atom stereocenters. The van der Waals surface area contributed by atoms with Crippen LogP contribution >= 0.6 is 0 Å². The lowest BCUT2D eigenvalue weighted by atomic mass is 9.99. The molecule has 0 aromatic carbocycles. The average molecular weight is 729 g/mol. The topological polar surface area (TPSA) is 152 Å². The van der Waals surface area contributed by atoms with Crippen LogP contribution in [0, 0.1) is 0 Å². The molecule has 51 heavy (non-hydrogen) atoms. The zero-order valence-corrected chi connectivity index (χ0v) is 32.4. The summed E-state index contributed by atoms with van der Waals surface area (Å²) in [6.07, 6.45) is 25.0. The minimum atomic E-state index is -1.59. The van der Waals surface area contributed by atoms with E-state index in [2.05, 4.69) is 26.0 Å². The molecule has 0 aliphatic carbocycles. The number of rotatable bonds is 34. The second-order valence-corrected chi connectivity index (χ2v) is 14.4. The van der Waals surface area contributed by atoms with Gasteiger partial charge in [0.05, 0.1) is 13.2 Å². The van der Waals surface area contributed by atoms with Gasteiger partial charge in [-0.1, -0.05) is 142 Å². The lowest BCUT2D eigenvalue weighted by Crippen LogP contribution is -2.59. The first kappa shape index (κ1) is 47.5. The third-order valence-electron chi connectivity index (χ3n) is 9.65. The second-order valence-electron chi connectivity index (χ2n) is 14.4. The molecule has 10 heteroatoms. The van der Waals surface area contributed by atoms with Gasteiger partial charge in [-0.3, -0.25) is 9.59 Å². The van der Waals surface area contributed by atoms with Gasteiger partial charge in [0.25, 0.3) is 0 Å². The van der Waals surface area contributed by atoms with Gasteiger partial charge in [0.1, 0.15) is 31.0 Å². The van der Waals surface area contributed by atoms with Gasteiger partial charge in [0, 0.05) is 12.8 Å². The van der Waals surface area contributed by atoms with Crippen molar-refractivity contribution < 1.29 is 49.0 Å². The quantitative estimate of drug-likeness (QED) is 0.0291. The van der Waals surface area contributed by atoms with Gasteiger partial charge in [-0.15, -0.1) is 0 Å². The van der Waals surface area contributed by atoms with E-state index in [9.17, 15) is 30.0 Å². The normalized spacial score (nSPS) is 21.3. The van der Waals surface area contributed by atoms with E-state index < -0.39 is 49.4 Å². The minimum absolute atomic E-state index is 0.214. The summed E-state index contributed by atoms with van der Waals surface area (Å²) < 4.78 is 22.1. The number of ether oxygens (including phenoxy) is 4. The molecule has 0 aromatic heterocycles. The maximum atomic E-state index is 12.7. The van der Waals surface area contributed by atoms with E-state index in [0.29, 0.717) is 6.42 Å². The van der Waals surface area contributed by atoms with Crippen molar-refractivity contribution in [1.82, 2.24) is 0 Å². The Hall–Kier alpha value is -1.56. The Morgan fingerprint density at radius 3 is 1.55 bits per heavy atom. The highest BCUT2D eigenvalue weighted by Gasteiger charge is 2.44. The van der Waals surface area contributed by atoms with E-state index >= 15 is 0 Å². The first-order chi connectivity index (χ1) is 24.8. The number of aliphatic hydroxyl groups is 4. The average Bonchev–Trinajstić information content (AvgIpc) is 3.13. The number of hydrogen-bond donors (Lipinski definition) is 4. The van der Waals surface area contributed by atoms with Crippen molar-refractivity contribution in [2.45, 2.75) is 218 Å². The van der Waals surface area contributed by atoms with Gasteiger partial charge >= 0.3 is 11.9 Å². The third kappa shape index (κ3) is 25.2. The first-order valence-electron chi connectivity index (χ1n) is 20.8. The van der Waals surface area contributed by atoms with Crippen molar-refractivity contribution >= 4 is 11.9 Å². The van der Waals surface area contributed by atoms with E-state index in [0.717, 1.165) is 44.9 Å². The fraction of sp³-hybridized carbons (Fsp3) is 0.902. The SMILES string of the molecule is CCCCCC/C=C/CCCCCCCCCC(=O)O[C@H](COC(=O)CCCCCCCCCCCCC)CO[C@@H]1O[C@H](CO)[C@H](O)C(O)C1O. The van der Waals surface area contributed by atoms with Gasteiger partial charge < -0.3 is 39.4 Å². The molecule has 6 atom stereocenters. The van der Waals surface area contributed by atoms with E-state index in [-0.39, 0.29) is 32.0 Å². The van der Waals surface area contributed by atoms with Crippen molar-refractivity contribution in [3.05, 3.63) is 12.2 Å². The van der Waals surface area contributed by atoms with Gasteiger partial charge in [0.2, 0.25) is 0 Å². The zero-order chi connectivity index (χ0) is 37.4. The van der Waals surface area contributed by atoms with Crippen LogP contribution in [0.3, 0.4) is 0 Å². The van der Waals surface area contributed by atoms with Crippen LogP contribution in [0.4, 0.5) is 0 Å². The van der Waals surface area contributed by atoms with Crippen LogP contribution in [-0.2, 0) is 28.5 Å². The molecule has 1 fully saturated rings. The summed E-state index contributed by atoms with van der Waals surface area (Å²) >= 11 is 0. The van der Waals surface area contributed by atoms with E-state index in [1.807, 2.05) is 0 Å². The molecular weight excluding hydrogens is 652 g/mol. The maximum Gasteiger partial charge on any atom is 0.306 e. The number of hydrogen-bond acceptors (Lipinski definition) is 10. The molecule has 0 radical (unpaired) electrons. The third-order valence-corrected chi connectivity index (χ3v) is 9.65. The summed E-state index contributed by atoms with van der Waals surface area (Å²) in [5.41, 5.74) is 0. The molecule has 300 valence electrons. The molecule has 0 bridgehead atoms. The largest absolute Gasteiger partial charge is 0.462 e. The van der Waals surface area contributed by atoms with Crippen LogP contribution in [0.2, 0.25) is 0 Å². The van der Waals surface area contributed by atoms with E-state index in [1.165, 1.54) is 103 Å². The highest BCUT2D eigenvalue weighted by atomic mass is 16.7. The molecule has 1 saturated heterocycles.